The Bertz CT molecular complexity index is 1090. The number of halogens is 4. The zero-order valence-electron chi connectivity index (χ0n) is 15.9. The van der Waals surface area contributed by atoms with Gasteiger partial charge in [0.1, 0.15) is 24.1 Å². The average Bonchev–Trinajstić information content (AvgIpc) is 3.47. The van der Waals surface area contributed by atoms with Crippen molar-refractivity contribution in [2.45, 2.75) is 38.3 Å². The highest BCUT2D eigenvalue weighted by Crippen LogP contribution is 2.44. The van der Waals surface area contributed by atoms with Crippen molar-refractivity contribution in [3.05, 3.63) is 63.8 Å². The van der Waals surface area contributed by atoms with E-state index >= 15 is 0 Å². The summed E-state index contributed by atoms with van der Waals surface area (Å²) in [5, 5.41) is 4.28. The molecule has 152 valence electrons. The number of aromatic nitrogens is 2. The molecule has 8 heteroatoms. The minimum Gasteiger partial charge on any atom is -0.365 e. The molecule has 1 aliphatic carbocycles. The number of hydrogen-bond acceptors (Lipinski definition) is 4. The van der Waals surface area contributed by atoms with Crippen LogP contribution in [-0.4, -0.2) is 27.1 Å². The summed E-state index contributed by atoms with van der Waals surface area (Å²) in [5.41, 5.74) is -0.458. The molecular weight excluding hydrogens is 384 g/mol. The Hall–Kier alpha value is -2.90. The fraction of sp³-hybridized carbons (Fsp3) is 0.333. The molecule has 2 aromatic rings. The lowest BCUT2D eigenvalue weighted by atomic mass is 10.1. The van der Waals surface area contributed by atoms with Crippen LogP contribution in [-0.2, 0) is 6.54 Å². The number of aryl methyl sites for hydroxylation is 1. The first-order valence-corrected chi connectivity index (χ1v) is 9.26. The molecule has 1 aliphatic heterocycles. The van der Waals surface area contributed by atoms with E-state index in [9.17, 15) is 17.6 Å². The summed E-state index contributed by atoms with van der Waals surface area (Å²) >= 11 is 0. The maximum atomic E-state index is 14.3. The smallest absolute Gasteiger partial charge is 0.266 e. The van der Waals surface area contributed by atoms with Crippen LogP contribution >= 0.6 is 0 Å². The monoisotopic (exact) mass is 404 g/mol. The van der Waals surface area contributed by atoms with Crippen molar-refractivity contribution in [3.8, 4) is 0 Å². The quantitative estimate of drug-likeness (QED) is 0.750. The number of nitrogens with one attached hydrogen (secondary N) is 1. The molecule has 0 spiro atoms. The third kappa shape index (κ3) is 3.47. The first-order valence-electron chi connectivity index (χ1n) is 9.26. The molecule has 0 atom stereocenters. The van der Waals surface area contributed by atoms with E-state index in [0.29, 0.717) is 27.9 Å². The second-order valence-corrected chi connectivity index (χ2v) is 7.39. The molecule has 1 N–H and O–H groups in total. The normalized spacial score (nSPS) is 16.9. The summed E-state index contributed by atoms with van der Waals surface area (Å²) in [6.07, 6.45) is 2.09. The largest absolute Gasteiger partial charge is 0.365 e. The summed E-state index contributed by atoms with van der Waals surface area (Å²) < 4.78 is 53.8. The number of anilines is 1. The molecule has 0 saturated heterocycles. The molecule has 0 radical (unpaired) electrons. The van der Waals surface area contributed by atoms with Crippen molar-refractivity contribution >= 4 is 18.1 Å². The van der Waals surface area contributed by atoms with Crippen LogP contribution < -0.4 is 15.9 Å². The van der Waals surface area contributed by atoms with Crippen molar-refractivity contribution in [1.82, 2.24) is 14.9 Å². The van der Waals surface area contributed by atoms with Crippen LogP contribution in [0, 0.1) is 12.7 Å². The zero-order valence-corrected chi connectivity index (χ0v) is 15.9. The first-order chi connectivity index (χ1) is 13.8. The van der Waals surface area contributed by atoms with Crippen molar-refractivity contribution in [3.63, 3.8) is 0 Å². The molecule has 0 unspecified atom stereocenters. The highest BCUT2D eigenvalue weighted by Gasteiger charge is 2.48. The topological polar surface area (TPSA) is 41.1 Å². The lowest BCUT2D eigenvalue weighted by molar-refractivity contribution is 0.146. The highest BCUT2D eigenvalue weighted by atomic mass is 19.3. The van der Waals surface area contributed by atoms with Crippen LogP contribution in [0.3, 0.4) is 0 Å². The van der Waals surface area contributed by atoms with E-state index < -0.39 is 30.0 Å². The Balaban J connectivity index is 1.70. The Morgan fingerprint density at radius 3 is 2.69 bits per heavy atom. The van der Waals surface area contributed by atoms with E-state index in [-0.39, 0.29) is 12.1 Å². The van der Waals surface area contributed by atoms with Gasteiger partial charge in [-0.2, -0.15) is 0 Å². The minimum absolute atomic E-state index is 0.0294. The van der Waals surface area contributed by atoms with Crippen LogP contribution in [0.15, 0.2) is 30.5 Å². The van der Waals surface area contributed by atoms with Gasteiger partial charge in [-0.15, -0.1) is 0 Å². The summed E-state index contributed by atoms with van der Waals surface area (Å²) in [6.45, 7) is 5.21. The maximum Gasteiger partial charge on any atom is 0.266 e. The number of fused-ring (bicyclic) bond motifs is 1. The Labute approximate surface area is 165 Å². The highest BCUT2D eigenvalue weighted by molar-refractivity contribution is 5.58. The van der Waals surface area contributed by atoms with Crippen LogP contribution in [0.5, 0.6) is 0 Å². The number of hydrogen-bond donors (Lipinski definition) is 1. The van der Waals surface area contributed by atoms with E-state index in [4.69, 9.17) is 0 Å². The SMILES string of the molecule is C=C1C=c2nc(C)nc(NCc3cccc(C(F)F)c3F)c2=CN1C1(CF)CC1. The molecule has 4 nitrogen and oxygen atoms in total. The maximum absolute atomic E-state index is 14.3. The minimum atomic E-state index is -2.89. The number of nitrogens with zero attached hydrogens (tertiary/aromatic N) is 3. The fourth-order valence-corrected chi connectivity index (χ4v) is 3.52. The van der Waals surface area contributed by atoms with Gasteiger partial charge in [-0.05, 0) is 25.8 Å². The number of allylic oxidation sites excluding steroid dienone is 1. The Morgan fingerprint density at radius 2 is 2.03 bits per heavy atom. The molecule has 0 amide bonds. The van der Waals surface area contributed by atoms with Gasteiger partial charge in [0.25, 0.3) is 6.43 Å². The Morgan fingerprint density at radius 1 is 1.28 bits per heavy atom. The number of rotatable bonds is 6. The Kier molecular flexibility index (Phi) is 4.80. The van der Waals surface area contributed by atoms with E-state index in [2.05, 4.69) is 21.9 Å². The molecule has 1 aromatic heterocycles. The van der Waals surface area contributed by atoms with E-state index in [1.54, 1.807) is 24.1 Å². The molecule has 29 heavy (non-hydrogen) atoms. The molecule has 2 aliphatic rings. The first kappa shape index (κ1) is 19.4. The summed E-state index contributed by atoms with van der Waals surface area (Å²) in [7, 11) is 0. The van der Waals surface area contributed by atoms with E-state index in [1.165, 1.54) is 12.1 Å². The lowest BCUT2D eigenvalue weighted by Crippen LogP contribution is -2.44. The third-order valence-electron chi connectivity index (χ3n) is 5.33. The van der Waals surface area contributed by atoms with Gasteiger partial charge in [0.05, 0.1) is 21.7 Å². The predicted octanol–water partition coefficient (Wildman–Crippen LogP) is 3.32. The molecular formula is C21H20F4N4. The molecule has 4 rings (SSSR count). The number of alkyl halides is 3. The van der Waals surface area contributed by atoms with Gasteiger partial charge in [0, 0.05) is 24.0 Å². The van der Waals surface area contributed by atoms with Crippen molar-refractivity contribution in [2.24, 2.45) is 0 Å². The summed E-state index contributed by atoms with van der Waals surface area (Å²) in [6, 6.07) is 3.91. The summed E-state index contributed by atoms with van der Waals surface area (Å²) in [5.74, 6) is -0.0158. The molecule has 0 bridgehead atoms. The number of benzene rings is 1. The summed E-state index contributed by atoms with van der Waals surface area (Å²) in [4.78, 5) is 10.6. The van der Waals surface area contributed by atoms with Gasteiger partial charge < -0.3 is 10.2 Å². The average molecular weight is 404 g/mol. The van der Waals surface area contributed by atoms with Gasteiger partial charge in [-0.25, -0.2) is 27.5 Å². The van der Waals surface area contributed by atoms with E-state index in [1.807, 2.05) is 0 Å². The van der Waals surface area contributed by atoms with Crippen LogP contribution in [0.2, 0.25) is 0 Å². The van der Waals surface area contributed by atoms with Gasteiger partial charge in [-0.3, -0.25) is 0 Å². The predicted molar refractivity (Wildman–Crippen MR) is 103 cm³/mol. The van der Waals surface area contributed by atoms with Crippen molar-refractivity contribution in [1.29, 1.82) is 0 Å². The fourth-order valence-electron chi connectivity index (χ4n) is 3.52. The molecule has 1 aromatic carbocycles. The van der Waals surface area contributed by atoms with Crippen LogP contribution in [0.4, 0.5) is 23.4 Å². The molecule has 1 fully saturated rings. The van der Waals surface area contributed by atoms with Crippen LogP contribution in [0.1, 0.15) is 36.2 Å². The molecule has 1 saturated carbocycles. The van der Waals surface area contributed by atoms with Crippen LogP contribution in [0.25, 0.3) is 12.3 Å². The van der Waals surface area contributed by atoms with Crippen molar-refractivity contribution in [2.75, 3.05) is 12.0 Å². The van der Waals surface area contributed by atoms with Gasteiger partial charge in [-0.1, -0.05) is 24.8 Å². The third-order valence-corrected chi connectivity index (χ3v) is 5.33. The standard InChI is InChI=1S/C21H20F4N4/c1-12-8-17-16(10-29(12)21(11-22)6-7-21)20(28-13(2)27-17)26-9-14-4-3-5-15(18(14)23)19(24)25/h3-5,8,10,19H,1,6-7,9,11H2,2H3,(H,26,27,28). The lowest BCUT2D eigenvalue weighted by Gasteiger charge is -2.31. The van der Waals surface area contributed by atoms with Gasteiger partial charge in [0.15, 0.2) is 0 Å². The second kappa shape index (κ2) is 7.17. The van der Waals surface area contributed by atoms with E-state index in [0.717, 1.165) is 18.9 Å². The van der Waals surface area contributed by atoms with Gasteiger partial charge >= 0.3 is 0 Å². The second-order valence-electron chi connectivity index (χ2n) is 7.39. The molecule has 2 heterocycles. The van der Waals surface area contributed by atoms with Crippen molar-refractivity contribution < 1.29 is 17.6 Å². The zero-order chi connectivity index (χ0) is 20.8. The van der Waals surface area contributed by atoms with Gasteiger partial charge in [0.2, 0.25) is 0 Å².